The maximum Gasteiger partial charge on any atom is 0.0578 e. The van der Waals surface area contributed by atoms with Gasteiger partial charge in [0.25, 0.3) is 0 Å². The van der Waals surface area contributed by atoms with Gasteiger partial charge in [-0.05, 0) is 32.6 Å². The minimum atomic E-state index is 0.500. The quantitative estimate of drug-likeness (QED) is 0.594. The molecule has 1 saturated carbocycles. The summed E-state index contributed by atoms with van der Waals surface area (Å²) >= 11 is 0. The van der Waals surface area contributed by atoms with Gasteiger partial charge in [0.15, 0.2) is 0 Å². The lowest BCUT2D eigenvalue weighted by atomic mass is 9.96. The summed E-state index contributed by atoms with van der Waals surface area (Å²) in [6.45, 7) is 4.43. The van der Waals surface area contributed by atoms with Crippen LogP contribution in [0.15, 0.2) is 0 Å². The molecular formula is C10H20O. The zero-order valence-electron chi connectivity index (χ0n) is 7.81. The number of unbranched alkanes of at least 4 members (excludes halogenated alkanes) is 1. The van der Waals surface area contributed by atoms with Crippen molar-refractivity contribution in [2.75, 3.05) is 0 Å². The van der Waals surface area contributed by atoms with Gasteiger partial charge in [-0.15, -0.1) is 0 Å². The fourth-order valence-corrected chi connectivity index (χ4v) is 1.40. The first-order chi connectivity index (χ1) is 5.33. The summed E-state index contributed by atoms with van der Waals surface area (Å²) in [5.41, 5.74) is 0. The molecule has 0 bridgehead atoms. The van der Waals surface area contributed by atoms with Crippen LogP contribution in [0.3, 0.4) is 0 Å². The molecule has 0 N–H and O–H groups in total. The third kappa shape index (κ3) is 3.24. The molecule has 0 heterocycles. The summed E-state index contributed by atoms with van der Waals surface area (Å²) in [6, 6.07) is 0. The highest BCUT2D eigenvalue weighted by Gasteiger charge is 2.19. The van der Waals surface area contributed by atoms with Gasteiger partial charge in [0.05, 0.1) is 12.2 Å². The molecule has 0 amide bonds. The van der Waals surface area contributed by atoms with Crippen LogP contribution in [0.1, 0.15) is 52.4 Å². The van der Waals surface area contributed by atoms with E-state index in [-0.39, 0.29) is 0 Å². The molecule has 1 heteroatoms. The van der Waals surface area contributed by atoms with Crippen LogP contribution in [-0.2, 0) is 4.74 Å². The molecule has 0 aromatic rings. The van der Waals surface area contributed by atoms with Crippen molar-refractivity contribution in [2.45, 2.75) is 64.6 Å². The zero-order chi connectivity index (χ0) is 8.10. The average molecular weight is 156 g/mol. The molecule has 0 spiro atoms. The van der Waals surface area contributed by atoms with Crippen LogP contribution < -0.4 is 0 Å². The van der Waals surface area contributed by atoms with Crippen molar-refractivity contribution in [3.8, 4) is 0 Å². The average Bonchev–Trinajstić information content (AvgIpc) is 1.93. The number of hydrogen-bond donors (Lipinski definition) is 0. The Morgan fingerprint density at radius 2 is 2.18 bits per heavy atom. The van der Waals surface area contributed by atoms with Crippen LogP contribution in [0, 0.1) is 0 Å². The molecule has 1 rings (SSSR count). The van der Waals surface area contributed by atoms with E-state index in [1.54, 1.807) is 0 Å². The first kappa shape index (κ1) is 9.05. The van der Waals surface area contributed by atoms with Gasteiger partial charge < -0.3 is 4.74 Å². The summed E-state index contributed by atoms with van der Waals surface area (Å²) < 4.78 is 5.79. The lowest BCUT2D eigenvalue weighted by molar-refractivity contribution is -0.0465. The molecule has 0 aliphatic heterocycles. The van der Waals surface area contributed by atoms with Crippen molar-refractivity contribution < 1.29 is 4.74 Å². The highest BCUT2D eigenvalue weighted by atomic mass is 16.5. The summed E-state index contributed by atoms with van der Waals surface area (Å²) in [5.74, 6) is 0. The molecule has 0 aromatic carbocycles. The Hall–Kier alpha value is -0.0400. The molecule has 11 heavy (non-hydrogen) atoms. The van der Waals surface area contributed by atoms with Gasteiger partial charge in [0.2, 0.25) is 0 Å². The Balaban J connectivity index is 1.95. The molecular weight excluding hydrogens is 136 g/mol. The van der Waals surface area contributed by atoms with Gasteiger partial charge in [-0.3, -0.25) is 0 Å². The molecule has 1 atom stereocenters. The van der Waals surface area contributed by atoms with Crippen LogP contribution in [0.2, 0.25) is 0 Å². The molecule has 0 aromatic heterocycles. The molecule has 1 aliphatic carbocycles. The van der Waals surface area contributed by atoms with Gasteiger partial charge in [0.1, 0.15) is 0 Å². The van der Waals surface area contributed by atoms with E-state index in [1.165, 1.54) is 38.5 Å². The summed E-state index contributed by atoms with van der Waals surface area (Å²) in [4.78, 5) is 0. The number of rotatable bonds is 5. The van der Waals surface area contributed by atoms with Crippen LogP contribution in [0.4, 0.5) is 0 Å². The van der Waals surface area contributed by atoms with Gasteiger partial charge in [0, 0.05) is 0 Å². The third-order valence-electron chi connectivity index (χ3n) is 2.44. The predicted octanol–water partition coefficient (Wildman–Crippen LogP) is 3.13. The van der Waals surface area contributed by atoms with E-state index in [2.05, 4.69) is 13.8 Å². The minimum Gasteiger partial charge on any atom is -0.375 e. The highest BCUT2D eigenvalue weighted by molar-refractivity contribution is 4.70. The van der Waals surface area contributed by atoms with Crippen LogP contribution in [0.5, 0.6) is 0 Å². The van der Waals surface area contributed by atoms with Crippen molar-refractivity contribution in [3.05, 3.63) is 0 Å². The second-order valence-corrected chi connectivity index (χ2v) is 3.64. The van der Waals surface area contributed by atoms with Crippen LogP contribution in [0.25, 0.3) is 0 Å². The van der Waals surface area contributed by atoms with E-state index in [9.17, 15) is 0 Å². The molecule has 1 fully saturated rings. The van der Waals surface area contributed by atoms with E-state index >= 15 is 0 Å². The van der Waals surface area contributed by atoms with Crippen molar-refractivity contribution in [1.29, 1.82) is 0 Å². The van der Waals surface area contributed by atoms with E-state index in [1.807, 2.05) is 0 Å². The highest BCUT2D eigenvalue weighted by Crippen LogP contribution is 2.24. The second-order valence-electron chi connectivity index (χ2n) is 3.64. The maximum absolute atomic E-state index is 5.79. The van der Waals surface area contributed by atoms with Crippen molar-refractivity contribution >= 4 is 0 Å². The van der Waals surface area contributed by atoms with E-state index in [4.69, 9.17) is 4.74 Å². The standard InChI is InChI=1S/C10H20O/c1-3-4-6-9(2)11-10-7-5-8-10/h9-10H,3-8H2,1-2H3. The normalized spacial score (nSPS) is 21.3. The smallest absolute Gasteiger partial charge is 0.0578 e. The van der Waals surface area contributed by atoms with Crippen LogP contribution >= 0.6 is 0 Å². The molecule has 1 nitrogen and oxygen atoms in total. The van der Waals surface area contributed by atoms with Gasteiger partial charge in [-0.1, -0.05) is 19.8 Å². The lowest BCUT2D eigenvalue weighted by Crippen LogP contribution is -2.26. The summed E-state index contributed by atoms with van der Waals surface area (Å²) in [6.07, 6.45) is 8.94. The fourth-order valence-electron chi connectivity index (χ4n) is 1.40. The second kappa shape index (κ2) is 4.76. The monoisotopic (exact) mass is 156 g/mol. The number of hydrogen-bond acceptors (Lipinski definition) is 1. The fraction of sp³-hybridized carbons (Fsp3) is 1.00. The minimum absolute atomic E-state index is 0.500. The Bertz CT molecular complexity index is 97.0. The summed E-state index contributed by atoms with van der Waals surface area (Å²) in [7, 11) is 0. The first-order valence-electron chi connectivity index (χ1n) is 4.98. The summed E-state index contributed by atoms with van der Waals surface area (Å²) in [5, 5.41) is 0. The molecule has 1 aliphatic rings. The third-order valence-corrected chi connectivity index (χ3v) is 2.44. The Kier molecular flexibility index (Phi) is 3.92. The van der Waals surface area contributed by atoms with Gasteiger partial charge >= 0.3 is 0 Å². The van der Waals surface area contributed by atoms with Gasteiger partial charge in [-0.2, -0.15) is 0 Å². The Labute approximate surface area is 70.1 Å². The number of ether oxygens (including phenoxy) is 1. The molecule has 0 radical (unpaired) electrons. The van der Waals surface area contributed by atoms with E-state index in [0.717, 1.165) is 0 Å². The zero-order valence-corrected chi connectivity index (χ0v) is 7.81. The topological polar surface area (TPSA) is 9.23 Å². The van der Waals surface area contributed by atoms with Crippen molar-refractivity contribution in [2.24, 2.45) is 0 Å². The van der Waals surface area contributed by atoms with Gasteiger partial charge in [-0.25, -0.2) is 0 Å². The molecule has 66 valence electrons. The van der Waals surface area contributed by atoms with Crippen molar-refractivity contribution in [3.63, 3.8) is 0 Å². The lowest BCUT2D eigenvalue weighted by Gasteiger charge is -2.28. The predicted molar refractivity (Wildman–Crippen MR) is 47.7 cm³/mol. The van der Waals surface area contributed by atoms with Crippen molar-refractivity contribution in [1.82, 2.24) is 0 Å². The maximum atomic E-state index is 5.79. The Morgan fingerprint density at radius 1 is 1.45 bits per heavy atom. The van der Waals surface area contributed by atoms with E-state index < -0.39 is 0 Å². The largest absolute Gasteiger partial charge is 0.375 e. The Morgan fingerprint density at radius 3 is 2.64 bits per heavy atom. The van der Waals surface area contributed by atoms with Crippen LogP contribution in [-0.4, -0.2) is 12.2 Å². The van der Waals surface area contributed by atoms with E-state index in [0.29, 0.717) is 12.2 Å². The molecule has 0 saturated heterocycles. The first-order valence-corrected chi connectivity index (χ1v) is 4.98. The molecule has 1 unspecified atom stereocenters. The SMILES string of the molecule is CCCCC(C)OC1CCC1.